The number of carbonyl (C=O) groups is 1. The van der Waals surface area contributed by atoms with Gasteiger partial charge in [0.15, 0.2) is 6.61 Å². The Kier molecular flexibility index (Phi) is 6.74. The average molecular weight is 267 g/mol. The van der Waals surface area contributed by atoms with E-state index in [1.54, 1.807) is 19.2 Å². The van der Waals surface area contributed by atoms with Crippen LogP contribution in [0.1, 0.15) is 18.9 Å². The maximum absolute atomic E-state index is 11.1. The van der Waals surface area contributed by atoms with Gasteiger partial charge in [-0.05, 0) is 31.2 Å². The Balaban J connectivity index is 2.73. The highest BCUT2D eigenvalue weighted by Gasteiger charge is 2.08. The highest BCUT2D eigenvalue weighted by Crippen LogP contribution is 2.24. The zero-order valence-corrected chi connectivity index (χ0v) is 11.7. The second-order valence-electron chi connectivity index (χ2n) is 4.02. The topological polar surface area (TPSA) is 56.8 Å². The fraction of sp³-hybridized carbons (Fsp3) is 0.500. The molecule has 0 radical (unpaired) electrons. The minimum Gasteiger partial charge on any atom is -0.497 e. The zero-order chi connectivity index (χ0) is 14.1. The fourth-order valence-corrected chi connectivity index (χ4v) is 1.56. The molecule has 0 saturated heterocycles. The third-order valence-electron chi connectivity index (χ3n) is 2.58. The van der Waals surface area contributed by atoms with Crippen LogP contribution in [0.5, 0.6) is 11.5 Å². The SMILES string of the molecule is CCCNCc1cc(OC)ccc1OCC(=O)OC. The third-order valence-corrected chi connectivity index (χ3v) is 2.58. The van der Waals surface area contributed by atoms with Gasteiger partial charge in [0.1, 0.15) is 11.5 Å². The van der Waals surface area contributed by atoms with Gasteiger partial charge in [-0.1, -0.05) is 6.92 Å². The number of nitrogens with one attached hydrogen (secondary N) is 1. The van der Waals surface area contributed by atoms with Crippen molar-refractivity contribution in [1.29, 1.82) is 0 Å². The van der Waals surface area contributed by atoms with E-state index >= 15 is 0 Å². The molecular formula is C14H21NO4. The Bertz CT molecular complexity index is 406. The summed E-state index contributed by atoms with van der Waals surface area (Å²) in [5.74, 6) is 1.02. The Labute approximate surface area is 113 Å². The maximum Gasteiger partial charge on any atom is 0.343 e. The summed E-state index contributed by atoms with van der Waals surface area (Å²) in [7, 11) is 2.96. The molecule has 5 heteroatoms. The molecule has 0 aliphatic rings. The van der Waals surface area contributed by atoms with Gasteiger partial charge in [0, 0.05) is 12.1 Å². The van der Waals surface area contributed by atoms with Crippen molar-refractivity contribution in [2.24, 2.45) is 0 Å². The number of methoxy groups -OCH3 is 2. The third kappa shape index (κ3) is 5.18. The van der Waals surface area contributed by atoms with Crippen LogP contribution in [0, 0.1) is 0 Å². The predicted octanol–water partition coefficient (Wildman–Crippen LogP) is 1.75. The van der Waals surface area contributed by atoms with E-state index in [0.717, 1.165) is 24.3 Å². The molecule has 106 valence electrons. The van der Waals surface area contributed by atoms with Crippen LogP contribution in [-0.4, -0.2) is 33.3 Å². The van der Waals surface area contributed by atoms with Crippen LogP contribution in [0.25, 0.3) is 0 Å². The summed E-state index contributed by atoms with van der Waals surface area (Å²) in [5, 5.41) is 3.29. The van der Waals surface area contributed by atoms with Crippen LogP contribution in [0.15, 0.2) is 18.2 Å². The van der Waals surface area contributed by atoms with Crippen molar-refractivity contribution in [3.63, 3.8) is 0 Å². The number of esters is 1. The minimum absolute atomic E-state index is 0.0936. The first-order valence-electron chi connectivity index (χ1n) is 6.28. The van der Waals surface area contributed by atoms with Crippen molar-refractivity contribution in [2.75, 3.05) is 27.4 Å². The molecule has 0 aliphatic heterocycles. The Morgan fingerprint density at radius 3 is 2.74 bits per heavy atom. The lowest BCUT2D eigenvalue weighted by atomic mass is 10.2. The molecule has 0 aliphatic carbocycles. The standard InChI is InChI=1S/C14H21NO4/c1-4-7-15-9-11-8-12(17-2)5-6-13(11)19-10-14(16)18-3/h5-6,8,15H,4,7,9-10H2,1-3H3. The van der Waals surface area contributed by atoms with Crippen LogP contribution in [-0.2, 0) is 16.1 Å². The van der Waals surface area contributed by atoms with Crippen molar-refractivity contribution in [3.05, 3.63) is 23.8 Å². The Hall–Kier alpha value is -1.75. The second kappa shape index (κ2) is 8.37. The van der Waals surface area contributed by atoms with Gasteiger partial charge < -0.3 is 19.5 Å². The summed E-state index contributed by atoms with van der Waals surface area (Å²) >= 11 is 0. The van der Waals surface area contributed by atoms with Crippen LogP contribution >= 0.6 is 0 Å². The minimum atomic E-state index is -0.400. The van der Waals surface area contributed by atoms with Crippen LogP contribution < -0.4 is 14.8 Å². The molecule has 1 rings (SSSR count). The van der Waals surface area contributed by atoms with Crippen molar-refractivity contribution in [2.45, 2.75) is 19.9 Å². The van der Waals surface area contributed by atoms with Gasteiger partial charge in [-0.3, -0.25) is 0 Å². The number of rotatable bonds is 8. The van der Waals surface area contributed by atoms with Crippen molar-refractivity contribution in [1.82, 2.24) is 5.32 Å². The molecule has 19 heavy (non-hydrogen) atoms. The van der Waals surface area contributed by atoms with Gasteiger partial charge >= 0.3 is 5.97 Å². The van der Waals surface area contributed by atoms with Crippen molar-refractivity contribution in [3.8, 4) is 11.5 Å². The summed E-state index contributed by atoms with van der Waals surface area (Å²) in [6, 6.07) is 5.50. The molecule has 0 fully saturated rings. The summed E-state index contributed by atoms with van der Waals surface area (Å²) in [6.45, 7) is 3.60. The number of hydrogen-bond acceptors (Lipinski definition) is 5. The van der Waals surface area contributed by atoms with E-state index in [-0.39, 0.29) is 6.61 Å². The monoisotopic (exact) mass is 267 g/mol. The molecular weight excluding hydrogens is 246 g/mol. The molecule has 0 heterocycles. The van der Waals surface area contributed by atoms with E-state index < -0.39 is 5.97 Å². The molecule has 0 amide bonds. The first kappa shape index (κ1) is 15.3. The van der Waals surface area contributed by atoms with Crippen molar-refractivity contribution >= 4 is 5.97 Å². The van der Waals surface area contributed by atoms with Gasteiger partial charge in [-0.25, -0.2) is 4.79 Å². The first-order chi connectivity index (χ1) is 9.21. The van der Waals surface area contributed by atoms with Gasteiger partial charge in [0.2, 0.25) is 0 Å². The van der Waals surface area contributed by atoms with Gasteiger partial charge in [0.25, 0.3) is 0 Å². The van der Waals surface area contributed by atoms with Gasteiger partial charge in [-0.2, -0.15) is 0 Å². The molecule has 0 bridgehead atoms. The lowest BCUT2D eigenvalue weighted by Gasteiger charge is -2.12. The quantitative estimate of drug-likeness (QED) is 0.574. The normalized spacial score (nSPS) is 10.1. The predicted molar refractivity (Wildman–Crippen MR) is 72.5 cm³/mol. The molecule has 0 atom stereocenters. The Morgan fingerprint density at radius 2 is 2.11 bits per heavy atom. The number of benzene rings is 1. The average Bonchev–Trinajstić information content (AvgIpc) is 2.45. The van der Waals surface area contributed by atoms with Crippen molar-refractivity contribution < 1.29 is 19.0 Å². The van der Waals surface area contributed by atoms with Crippen LogP contribution in [0.3, 0.4) is 0 Å². The summed E-state index contributed by atoms with van der Waals surface area (Å²) in [5.41, 5.74) is 0.955. The molecule has 1 N–H and O–H groups in total. The lowest BCUT2D eigenvalue weighted by Crippen LogP contribution is -2.17. The molecule has 1 aromatic rings. The number of ether oxygens (including phenoxy) is 3. The van der Waals surface area contributed by atoms with Gasteiger partial charge in [0.05, 0.1) is 14.2 Å². The van der Waals surface area contributed by atoms with E-state index in [2.05, 4.69) is 17.0 Å². The highest BCUT2D eigenvalue weighted by atomic mass is 16.6. The number of carbonyl (C=O) groups excluding carboxylic acids is 1. The van der Waals surface area contributed by atoms with Gasteiger partial charge in [-0.15, -0.1) is 0 Å². The van der Waals surface area contributed by atoms with E-state index in [1.165, 1.54) is 7.11 Å². The summed E-state index contributed by atoms with van der Waals surface area (Å²) < 4.78 is 15.2. The zero-order valence-electron chi connectivity index (χ0n) is 11.7. The van der Waals surface area contributed by atoms with E-state index in [9.17, 15) is 4.79 Å². The van der Waals surface area contributed by atoms with Crippen LogP contribution in [0.4, 0.5) is 0 Å². The molecule has 0 saturated carbocycles. The molecule has 0 unspecified atom stereocenters. The molecule has 0 aromatic heterocycles. The van der Waals surface area contributed by atoms with Crippen LogP contribution in [0.2, 0.25) is 0 Å². The maximum atomic E-state index is 11.1. The summed E-state index contributed by atoms with van der Waals surface area (Å²) in [6.07, 6.45) is 1.06. The summed E-state index contributed by atoms with van der Waals surface area (Å²) in [4.78, 5) is 11.1. The fourth-order valence-electron chi connectivity index (χ4n) is 1.56. The first-order valence-corrected chi connectivity index (χ1v) is 6.28. The lowest BCUT2D eigenvalue weighted by molar-refractivity contribution is -0.142. The molecule has 0 spiro atoms. The highest BCUT2D eigenvalue weighted by molar-refractivity contribution is 5.70. The van der Waals surface area contributed by atoms with E-state index in [1.807, 2.05) is 6.07 Å². The molecule has 1 aromatic carbocycles. The van der Waals surface area contributed by atoms with E-state index in [0.29, 0.717) is 12.3 Å². The largest absolute Gasteiger partial charge is 0.497 e. The van der Waals surface area contributed by atoms with E-state index in [4.69, 9.17) is 9.47 Å². The number of hydrogen-bond donors (Lipinski definition) is 1. The molecule has 5 nitrogen and oxygen atoms in total. The Morgan fingerprint density at radius 1 is 1.32 bits per heavy atom. The second-order valence-corrected chi connectivity index (χ2v) is 4.02. The smallest absolute Gasteiger partial charge is 0.343 e.